The molecule has 0 aliphatic carbocycles. The van der Waals surface area contributed by atoms with E-state index < -0.39 is 0 Å². The van der Waals surface area contributed by atoms with Crippen LogP contribution in [0, 0.1) is 0 Å². The van der Waals surface area contributed by atoms with Crippen molar-refractivity contribution in [1.82, 2.24) is 14.7 Å². The van der Waals surface area contributed by atoms with Crippen LogP contribution in [0.2, 0.25) is 0 Å². The van der Waals surface area contributed by atoms with Gasteiger partial charge in [-0.1, -0.05) is 12.1 Å². The van der Waals surface area contributed by atoms with Crippen LogP contribution in [0.1, 0.15) is 28.9 Å². The maximum atomic E-state index is 12.6. The molecule has 7 nitrogen and oxygen atoms in total. The summed E-state index contributed by atoms with van der Waals surface area (Å²) in [6.07, 6.45) is 3.79. The molecule has 2 aromatic heterocycles. The molecule has 8 heteroatoms. The molecule has 29 heavy (non-hydrogen) atoms. The molecule has 0 bridgehead atoms. The number of hydrogen-bond donors (Lipinski definition) is 2. The first-order chi connectivity index (χ1) is 14.1. The highest BCUT2D eigenvalue weighted by molar-refractivity contribution is 9.10. The zero-order chi connectivity index (χ0) is 20.2. The predicted molar refractivity (Wildman–Crippen MR) is 114 cm³/mol. The molecule has 1 aliphatic rings. The number of carbonyl (C=O) groups is 1. The maximum Gasteiger partial charge on any atom is 0.258 e. The smallest absolute Gasteiger partial charge is 0.258 e. The van der Waals surface area contributed by atoms with Crippen molar-refractivity contribution in [2.75, 3.05) is 18.5 Å². The third-order valence-electron chi connectivity index (χ3n) is 4.82. The van der Waals surface area contributed by atoms with Gasteiger partial charge in [0, 0.05) is 35.6 Å². The number of nitrogens with one attached hydrogen (secondary N) is 2. The number of fused-ring (bicyclic) bond motifs is 1. The van der Waals surface area contributed by atoms with Crippen LogP contribution in [0.4, 0.5) is 5.69 Å². The van der Waals surface area contributed by atoms with Crippen molar-refractivity contribution in [2.45, 2.75) is 25.5 Å². The SMILES string of the molecule is O=C(NC[C@H]1CCCO1)c1ccccc1NCc1cc(=O)n2cc(Br)ccc2n1. The Hall–Kier alpha value is -2.71. The highest BCUT2D eigenvalue weighted by Gasteiger charge is 2.18. The average molecular weight is 457 g/mol. The number of rotatable bonds is 6. The van der Waals surface area contributed by atoms with Crippen molar-refractivity contribution in [3.05, 3.63) is 74.7 Å². The lowest BCUT2D eigenvalue weighted by atomic mass is 10.1. The van der Waals surface area contributed by atoms with Crippen LogP contribution in [0.15, 0.2) is 57.9 Å². The van der Waals surface area contributed by atoms with Crippen LogP contribution in [0.5, 0.6) is 0 Å². The highest BCUT2D eigenvalue weighted by atomic mass is 79.9. The van der Waals surface area contributed by atoms with E-state index >= 15 is 0 Å². The van der Waals surface area contributed by atoms with Crippen LogP contribution in [0.3, 0.4) is 0 Å². The minimum Gasteiger partial charge on any atom is -0.379 e. The average Bonchev–Trinajstić information content (AvgIpc) is 3.25. The molecule has 1 atom stereocenters. The van der Waals surface area contributed by atoms with Crippen LogP contribution < -0.4 is 16.2 Å². The van der Waals surface area contributed by atoms with Gasteiger partial charge in [-0.2, -0.15) is 0 Å². The Kier molecular flexibility index (Phi) is 5.92. The summed E-state index contributed by atoms with van der Waals surface area (Å²) in [4.78, 5) is 29.5. The Bertz CT molecular complexity index is 1090. The number of pyridine rings is 1. The Morgan fingerprint density at radius 2 is 2.14 bits per heavy atom. The Labute approximate surface area is 176 Å². The second-order valence-corrected chi connectivity index (χ2v) is 7.82. The molecule has 2 N–H and O–H groups in total. The molecular weight excluding hydrogens is 436 g/mol. The van der Waals surface area contributed by atoms with Crippen molar-refractivity contribution in [2.24, 2.45) is 0 Å². The molecule has 1 aromatic carbocycles. The molecule has 1 saturated heterocycles. The summed E-state index contributed by atoms with van der Waals surface area (Å²) in [5.74, 6) is -0.153. The molecule has 0 unspecified atom stereocenters. The van der Waals surface area contributed by atoms with Gasteiger partial charge in [-0.15, -0.1) is 0 Å². The van der Waals surface area contributed by atoms with E-state index in [1.54, 1.807) is 18.3 Å². The van der Waals surface area contributed by atoms with E-state index in [-0.39, 0.29) is 17.6 Å². The van der Waals surface area contributed by atoms with E-state index in [1.807, 2.05) is 24.3 Å². The van der Waals surface area contributed by atoms with Crippen LogP contribution >= 0.6 is 15.9 Å². The van der Waals surface area contributed by atoms with E-state index in [4.69, 9.17) is 4.74 Å². The monoisotopic (exact) mass is 456 g/mol. The molecular formula is C21H21BrN4O3. The number of amides is 1. The minimum absolute atomic E-state index is 0.0916. The molecule has 1 aliphatic heterocycles. The summed E-state index contributed by atoms with van der Waals surface area (Å²) >= 11 is 3.36. The zero-order valence-corrected chi connectivity index (χ0v) is 17.3. The Morgan fingerprint density at radius 1 is 1.28 bits per heavy atom. The van der Waals surface area contributed by atoms with E-state index in [9.17, 15) is 9.59 Å². The number of halogens is 1. The fourth-order valence-electron chi connectivity index (χ4n) is 3.34. The van der Waals surface area contributed by atoms with Gasteiger partial charge >= 0.3 is 0 Å². The number of anilines is 1. The lowest BCUT2D eigenvalue weighted by Gasteiger charge is -2.14. The van der Waals surface area contributed by atoms with Gasteiger partial charge in [-0.3, -0.25) is 14.0 Å². The van der Waals surface area contributed by atoms with Gasteiger partial charge in [0.15, 0.2) is 0 Å². The van der Waals surface area contributed by atoms with Crippen molar-refractivity contribution >= 4 is 33.2 Å². The second kappa shape index (κ2) is 8.75. The van der Waals surface area contributed by atoms with Crippen molar-refractivity contribution < 1.29 is 9.53 Å². The first-order valence-corrected chi connectivity index (χ1v) is 10.3. The minimum atomic E-state index is -0.157. The molecule has 3 aromatic rings. The number of carbonyl (C=O) groups excluding carboxylic acids is 1. The lowest BCUT2D eigenvalue weighted by molar-refractivity contribution is 0.0858. The molecule has 1 fully saturated rings. The molecule has 0 radical (unpaired) electrons. The molecule has 3 heterocycles. The highest BCUT2D eigenvalue weighted by Crippen LogP contribution is 2.17. The van der Waals surface area contributed by atoms with Gasteiger partial charge in [0.25, 0.3) is 11.5 Å². The molecule has 4 rings (SSSR count). The summed E-state index contributed by atoms with van der Waals surface area (Å²) in [7, 11) is 0. The Morgan fingerprint density at radius 3 is 2.97 bits per heavy atom. The summed E-state index contributed by atoms with van der Waals surface area (Å²) < 4.78 is 7.85. The first kappa shape index (κ1) is 19.6. The third kappa shape index (κ3) is 4.65. The summed E-state index contributed by atoms with van der Waals surface area (Å²) in [6.45, 7) is 1.60. The number of aromatic nitrogens is 2. The van der Waals surface area contributed by atoms with Crippen LogP contribution in [-0.2, 0) is 11.3 Å². The van der Waals surface area contributed by atoms with Crippen LogP contribution in [-0.4, -0.2) is 34.5 Å². The summed E-state index contributed by atoms with van der Waals surface area (Å²) in [6, 6.07) is 12.4. The fraction of sp³-hybridized carbons (Fsp3) is 0.286. The van der Waals surface area contributed by atoms with Crippen molar-refractivity contribution in [1.29, 1.82) is 0 Å². The van der Waals surface area contributed by atoms with Gasteiger partial charge in [0.2, 0.25) is 0 Å². The first-order valence-electron chi connectivity index (χ1n) is 9.51. The molecule has 1 amide bonds. The van der Waals surface area contributed by atoms with Crippen molar-refractivity contribution in [3.63, 3.8) is 0 Å². The number of benzene rings is 1. The molecule has 0 spiro atoms. The van der Waals surface area contributed by atoms with E-state index in [0.717, 1.165) is 23.9 Å². The van der Waals surface area contributed by atoms with E-state index in [1.165, 1.54) is 10.5 Å². The standard InChI is InChI=1S/C21H21BrN4O3/c22-14-7-8-19-25-15(10-20(27)26(19)13-14)11-23-18-6-2-1-5-17(18)21(28)24-12-16-4-3-9-29-16/h1-2,5-8,10,13,16,23H,3-4,9,11-12H2,(H,24,28)/t16-/m1/s1. The normalized spacial score (nSPS) is 16.1. The summed E-state index contributed by atoms with van der Waals surface area (Å²) in [5.41, 5.74) is 2.25. The van der Waals surface area contributed by atoms with Crippen LogP contribution in [0.25, 0.3) is 5.65 Å². The van der Waals surface area contributed by atoms with Gasteiger partial charge in [0.1, 0.15) is 5.65 Å². The topological polar surface area (TPSA) is 84.7 Å². The number of para-hydroxylation sites is 1. The number of nitrogens with zero attached hydrogens (tertiary/aromatic N) is 2. The van der Waals surface area contributed by atoms with E-state index in [2.05, 4.69) is 31.5 Å². The fourth-order valence-corrected chi connectivity index (χ4v) is 3.68. The van der Waals surface area contributed by atoms with Gasteiger partial charge in [-0.05, 0) is 53.0 Å². The molecule has 150 valence electrons. The summed E-state index contributed by atoms with van der Waals surface area (Å²) in [5, 5.41) is 6.17. The quantitative estimate of drug-likeness (QED) is 0.595. The lowest BCUT2D eigenvalue weighted by Crippen LogP contribution is -2.32. The maximum absolute atomic E-state index is 12.6. The zero-order valence-electron chi connectivity index (χ0n) is 15.7. The second-order valence-electron chi connectivity index (χ2n) is 6.91. The largest absolute Gasteiger partial charge is 0.379 e. The van der Waals surface area contributed by atoms with Gasteiger partial charge in [-0.25, -0.2) is 4.98 Å². The number of hydrogen-bond acceptors (Lipinski definition) is 5. The Balaban J connectivity index is 1.47. The number of ether oxygens (including phenoxy) is 1. The predicted octanol–water partition coefficient (Wildman–Crippen LogP) is 2.98. The van der Waals surface area contributed by atoms with Gasteiger partial charge in [0.05, 0.1) is 23.9 Å². The van der Waals surface area contributed by atoms with Gasteiger partial charge < -0.3 is 15.4 Å². The van der Waals surface area contributed by atoms with E-state index in [0.29, 0.717) is 35.7 Å². The molecule has 0 saturated carbocycles. The third-order valence-corrected chi connectivity index (χ3v) is 5.29. The van der Waals surface area contributed by atoms with Crippen molar-refractivity contribution in [3.8, 4) is 0 Å².